The molecule has 0 spiro atoms. The molecule has 3 N–H and O–H groups in total. The second-order valence-electron chi connectivity index (χ2n) is 6.15. The van der Waals surface area contributed by atoms with E-state index in [4.69, 9.17) is 17.3 Å². The summed E-state index contributed by atoms with van der Waals surface area (Å²) in [5.74, 6) is -0.313. The minimum absolute atomic E-state index is 0.0191. The number of nitrogens with one attached hydrogen (secondary N) is 1. The standard InChI is InChI=1S/C18H22ClN3O/c1-13-12-14(15-4-2-3-5-16(15)19)6-7-18(13,17(20)23)22-10-8-21-9-11-22/h2-7,12-13,21H,8-11H2,1H3,(H2,20,23). The Morgan fingerprint density at radius 1 is 1.35 bits per heavy atom. The van der Waals surface area contributed by atoms with Crippen LogP contribution in [-0.4, -0.2) is 42.5 Å². The van der Waals surface area contributed by atoms with E-state index >= 15 is 0 Å². The van der Waals surface area contributed by atoms with Crippen LogP contribution in [0.25, 0.3) is 5.57 Å². The second kappa shape index (κ2) is 6.48. The summed E-state index contributed by atoms with van der Waals surface area (Å²) in [5, 5.41) is 4.03. The van der Waals surface area contributed by atoms with E-state index in [1.165, 1.54) is 0 Å². The molecule has 1 heterocycles. The molecule has 0 saturated carbocycles. The molecule has 1 saturated heterocycles. The zero-order chi connectivity index (χ0) is 16.4. The third kappa shape index (κ3) is 2.82. The van der Waals surface area contributed by atoms with Gasteiger partial charge in [0.1, 0.15) is 5.54 Å². The number of rotatable bonds is 3. The summed E-state index contributed by atoms with van der Waals surface area (Å²) in [6.07, 6.45) is 6.05. The number of benzene rings is 1. The lowest BCUT2D eigenvalue weighted by Crippen LogP contribution is -2.64. The van der Waals surface area contributed by atoms with Crippen molar-refractivity contribution in [3.05, 3.63) is 53.1 Å². The molecule has 1 aliphatic carbocycles. The first-order valence-electron chi connectivity index (χ1n) is 7.97. The third-order valence-electron chi connectivity index (χ3n) is 4.86. The molecule has 2 aliphatic rings. The molecule has 1 aliphatic heterocycles. The Hall–Kier alpha value is -1.62. The molecule has 122 valence electrons. The number of amides is 1. The highest BCUT2D eigenvalue weighted by Crippen LogP contribution is 2.37. The molecule has 1 aromatic carbocycles. The van der Waals surface area contributed by atoms with Crippen LogP contribution in [0.1, 0.15) is 12.5 Å². The topological polar surface area (TPSA) is 58.4 Å². The van der Waals surface area contributed by atoms with Gasteiger partial charge in [-0.3, -0.25) is 9.69 Å². The van der Waals surface area contributed by atoms with E-state index in [0.717, 1.165) is 37.3 Å². The first-order chi connectivity index (χ1) is 11.1. The summed E-state index contributed by atoms with van der Waals surface area (Å²) in [6, 6.07) is 7.75. The van der Waals surface area contributed by atoms with Crippen molar-refractivity contribution in [2.45, 2.75) is 12.5 Å². The zero-order valence-corrected chi connectivity index (χ0v) is 14.0. The lowest BCUT2D eigenvalue weighted by Gasteiger charge is -2.46. The van der Waals surface area contributed by atoms with Gasteiger partial charge in [-0.1, -0.05) is 55.0 Å². The predicted molar refractivity (Wildman–Crippen MR) is 94.1 cm³/mol. The molecular weight excluding hydrogens is 310 g/mol. The first kappa shape index (κ1) is 16.2. The van der Waals surface area contributed by atoms with Gasteiger partial charge in [0.2, 0.25) is 5.91 Å². The van der Waals surface area contributed by atoms with Crippen molar-refractivity contribution in [3.63, 3.8) is 0 Å². The lowest BCUT2D eigenvalue weighted by atomic mass is 9.76. The number of primary amides is 1. The summed E-state index contributed by atoms with van der Waals surface area (Å²) < 4.78 is 0. The first-order valence-corrected chi connectivity index (χ1v) is 8.35. The molecule has 3 rings (SSSR count). The fourth-order valence-electron chi connectivity index (χ4n) is 3.59. The largest absolute Gasteiger partial charge is 0.368 e. The Balaban J connectivity index is 1.96. The number of hydrogen-bond donors (Lipinski definition) is 2. The number of carbonyl (C=O) groups is 1. The van der Waals surface area contributed by atoms with Crippen LogP contribution in [0.5, 0.6) is 0 Å². The van der Waals surface area contributed by atoms with E-state index in [1.54, 1.807) is 0 Å². The molecule has 4 nitrogen and oxygen atoms in total. The van der Waals surface area contributed by atoms with Crippen molar-refractivity contribution in [2.75, 3.05) is 26.2 Å². The van der Waals surface area contributed by atoms with E-state index in [2.05, 4.69) is 16.3 Å². The number of allylic oxidation sites excluding steroid dienone is 2. The van der Waals surface area contributed by atoms with Gasteiger partial charge < -0.3 is 11.1 Å². The zero-order valence-electron chi connectivity index (χ0n) is 13.3. The smallest absolute Gasteiger partial charge is 0.242 e. The monoisotopic (exact) mass is 331 g/mol. The summed E-state index contributed by atoms with van der Waals surface area (Å²) in [7, 11) is 0. The minimum Gasteiger partial charge on any atom is -0.368 e. The number of halogens is 1. The normalized spacial score (nSPS) is 28.4. The molecule has 2 atom stereocenters. The highest BCUT2D eigenvalue weighted by atomic mass is 35.5. The van der Waals surface area contributed by atoms with Gasteiger partial charge in [0.25, 0.3) is 0 Å². The average molecular weight is 332 g/mol. The van der Waals surface area contributed by atoms with E-state index < -0.39 is 5.54 Å². The molecule has 0 radical (unpaired) electrons. The number of nitrogens with two attached hydrogens (primary N) is 1. The SMILES string of the molecule is CC1C=C(c2ccccc2Cl)C=CC1(C(N)=O)N1CCNCC1. The molecule has 1 aromatic rings. The van der Waals surface area contributed by atoms with Gasteiger partial charge in [-0.05, 0) is 17.2 Å². The van der Waals surface area contributed by atoms with Crippen molar-refractivity contribution in [1.29, 1.82) is 0 Å². The molecular formula is C18H22ClN3O. The van der Waals surface area contributed by atoms with Crippen molar-refractivity contribution < 1.29 is 4.79 Å². The maximum absolute atomic E-state index is 12.3. The third-order valence-corrected chi connectivity index (χ3v) is 5.19. The predicted octanol–water partition coefficient (Wildman–Crippen LogP) is 2.06. The molecule has 1 fully saturated rings. The van der Waals surface area contributed by atoms with Crippen LogP contribution >= 0.6 is 11.6 Å². The summed E-state index contributed by atoms with van der Waals surface area (Å²) in [6.45, 7) is 5.42. The van der Waals surface area contributed by atoms with Gasteiger partial charge in [0, 0.05) is 37.1 Å². The quantitative estimate of drug-likeness (QED) is 0.891. The Morgan fingerprint density at radius 2 is 2.04 bits per heavy atom. The van der Waals surface area contributed by atoms with Gasteiger partial charge in [-0.25, -0.2) is 0 Å². The maximum atomic E-state index is 12.3. The van der Waals surface area contributed by atoms with Gasteiger partial charge in [-0.15, -0.1) is 0 Å². The fraction of sp³-hybridized carbons (Fsp3) is 0.389. The summed E-state index contributed by atoms with van der Waals surface area (Å²) >= 11 is 6.30. The number of nitrogens with zero attached hydrogens (tertiary/aromatic N) is 1. The molecule has 0 bridgehead atoms. The highest BCUT2D eigenvalue weighted by Gasteiger charge is 2.46. The maximum Gasteiger partial charge on any atom is 0.242 e. The van der Waals surface area contributed by atoms with E-state index in [0.29, 0.717) is 5.02 Å². The fourth-order valence-corrected chi connectivity index (χ4v) is 3.83. The Labute approximate surface area is 142 Å². The van der Waals surface area contributed by atoms with Gasteiger partial charge >= 0.3 is 0 Å². The molecule has 0 aromatic heterocycles. The van der Waals surface area contributed by atoms with Crippen molar-refractivity contribution in [3.8, 4) is 0 Å². The van der Waals surface area contributed by atoms with Crippen LogP contribution < -0.4 is 11.1 Å². The van der Waals surface area contributed by atoms with Crippen LogP contribution in [0.15, 0.2) is 42.5 Å². The Morgan fingerprint density at radius 3 is 2.65 bits per heavy atom. The van der Waals surface area contributed by atoms with Crippen molar-refractivity contribution >= 4 is 23.1 Å². The van der Waals surface area contributed by atoms with Gasteiger partial charge in [0.05, 0.1) is 0 Å². The van der Waals surface area contributed by atoms with Crippen LogP contribution in [-0.2, 0) is 4.79 Å². The average Bonchev–Trinajstić information content (AvgIpc) is 2.56. The van der Waals surface area contributed by atoms with E-state index in [-0.39, 0.29) is 11.8 Å². The Kier molecular flexibility index (Phi) is 4.57. The minimum atomic E-state index is -0.757. The van der Waals surface area contributed by atoms with E-state index in [9.17, 15) is 4.79 Å². The second-order valence-corrected chi connectivity index (χ2v) is 6.56. The molecule has 5 heteroatoms. The van der Waals surface area contributed by atoms with Gasteiger partial charge in [0.15, 0.2) is 0 Å². The summed E-state index contributed by atoms with van der Waals surface area (Å²) in [4.78, 5) is 14.5. The lowest BCUT2D eigenvalue weighted by molar-refractivity contribution is -0.129. The van der Waals surface area contributed by atoms with Gasteiger partial charge in [-0.2, -0.15) is 0 Å². The Bertz CT molecular complexity index is 664. The van der Waals surface area contributed by atoms with Crippen LogP contribution in [0.2, 0.25) is 5.02 Å². The highest BCUT2D eigenvalue weighted by molar-refractivity contribution is 6.32. The van der Waals surface area contributed by atoms with Crippen molar-refractivity contribution in [1.82, 2.24) is 10.2 Å². The molecule has 2 unspecified atom stereocenters. The van der Waals surface area contributed by atoms with Crippen LogP contribution in [0, 0.1) is 5.92 Å². The molecule has 1 amide bonds. The van der Waals surface area contributed by atoms with Crippen LogP contribution in [0.3, 0.4) is 0 Å². The van der Waals surface area contributed by atoms with Crippen LogP contribution in [0.4, 0.5) is 0 Å². The molecule has 23 heavy (non-hydrogen) atoms. The number of carbonyl (C=O) groups excluding carboxylic acids is 1. The van der Waals surface area contributed by atoms with E-state index in [1.807, 2.05) is 43.3 Å². The summed E-state index contributed by atoms with van der Waals surface area (Å²) in [5.41, 5.74) is 7.09. The number of piperazine rings is 1. The van der Waals surface area contributed by atoms with Crippen molar-refractivity contribution in [2.24, 2.45) is 11.7 Å². The number of hydrogen-bond acceptors (Lipinski definition) is 3.